The molecule has 0 aliphatic heterocycles. The second-order valence-corrected chi connectivity index (χ2v) is 6.29. The number of pyridine rings is 1. The van der Waals surface area contributed by atoms with Gasteiger partial charge in [-0.1, -0.05) is 48.0 Å². The van der Waals surface area contributed by atoms with Crippen LogP contribution in [0.5, 0.6) is 0 Å². The van der Waals surface area contributed by atoms with E-state index in [0.29, 0.717) is 0 Å². The molecule has 1 heterocycles. The molecule has 1 heteroatoms. The zero-order chi connectivity index (χ0) is 16.0. The van der Waals surface area contributed by atoms with Crippen molar-refractivity contribution in [2.75, 3.05) is 0 Å². The van der Waals surface area contributed by atoms with E-state index in [1.807, 2.05) is 6.20 Å². The minimum Gasteiger partial charge on any atom is -0.256 e. The van der Waals surface area contributed by atoms with Crippen LogP contribution in [0.1, 0.15) is 16.7 Å². The fourth-order valence-electron chi connectivity index (χ4n) is 3.35. The Bertz CT molecular complexity index is 1040. The largest absolute Gasteiger partial charge is 0.256 e. The molecule has 23 heavy (non-hydrogen) atoms. The summed E-state index contributed by atoms with van der Waals surface area (Å²) in [6.45, 7) is 6.49. The van der Waals surface area contributed by atoms with Crippen molar-refractivity contribution in [1.82, 2.24) is 4.98 Å². The molecule has 0 N–H and O–H groups in total. The highest BCUT2D eigenvalue weighted by molar-refractivity contribution is 6.12. The first-order valence-corrected chi connectivity index (χ1v) is 8.00. The molecule has 0 saturated heterocycles. The molecule has 0 amide bonds. The predicted molar refractivity (Wildman–Crippen MR) is 98.9 cm³/mol. The van der Waals surface area contributed by atoms with Crippen LogP contribution >= 0.6 is 0 Å². The van der Waals surface area contributed by atoms with Gasteiger partial charge < -0.3 is 0 Å². The Morgan fingerprint density at radius 3 is 2.26 bits per heavy atom. The maximum atomic E-state index is 4.67. The third-order valence-electron chi connectivity index (χ3n) is 4.77. The standard InChI is InChI=1S/C22H19N/c1-14-5-4-6-17(13-14)22-21-10-9-18-16(3)15(2)7-8-19(18)20(21)11-12-23-22/h4-13H,1-3H3. The van der Waals surface area contributed by atoms with Gasteiger partial charge in [0.05, 0.1) is 5.69 Å². The highest BCUT2D eigenvalue weighted by atomic mass is 14.7. The zero-order valence-electron chi connectivity index (χ0n) is 13.7. The monoisotopic (exact) mass is 297 g/mol. The maximum absolute atomic E-state index is 4.67. The highest BCUT2D eigenvalue weighted by Gasteiger charge is 2.09. The van der Waals surface area contributed by atoms with Crippen LogP contribution in [0.3, 0.4) is 0 Å². The zero-order valence-corrected chi connectivity index (χ0v) is 13.7. The Balaban J connectivity index is 2.09. The van der Waals surface area contributed by atoms with Gasteiger partial charge in [0, 0.05) is 17.1 Å². The Kier molecular flexibility index (Phi) is 3.16. The van der Waals surface area contributed by atoms with Crippen LogP contribution in [0, 0.1) is 20.8 Å². The number of aryl methyl sites for hydroxylation is 3. The molecule has 0 radical (unpaired) electrons. The second-order valence-electron chi connectivity index (χ2n) is 6.29. The van der Waals surface area contributed by atoms with Crippen LogP contribution in [0.4, 0.5) is 0 Å². The first kappa shape index (κ1) is 14.0. The van der Waals surface area contributed by atoms with Gasteiger partial charge in [-0.25, -0.2) is 0 Å². The summed E-state index contributed by atoms with van der Waals surface area (Å²) in [6.07, 6.45) is 1.93. The van der Waals surface area contributed by atoms with Crippen LogP contribution in [-0.2, 0) is 0 Å². The Morgan fingerprint density at radius 2 is 1.43 bits per heavy atom. The van der Waals surface area contributed by atoms with E-state index in [1.54, 1.807) is 0 Å². The predicted octanol–water partition coefficient (Wildman–Crippen LogP) is 5.98. The molecule has 0 spiro atoms. The molecule has 1 aromatic heterocycles. The molecular formula is C22H19N. The third kappa shape index (κ3) is 2.20. The molecule has 4 rings (SSSR count). The van der Waals surface area contributed by atoms with E-state index < -0.39 is 0 Å². The Morgan fingerprint density at radius 1 is 0.696 bits per heavy atom. The lowest BCUT2D eigenvalue weighted by atomic mass is 9.94. The molecule has 0 aliphatic carbocycles. The lowest BCUT2D eigenvalue weighted by molar-refractivity contribution is 1.35. The van der Waals surface area contributed by atoms with E-state index in [-0.39, 0.29) is 0 Å². The van der Waals surface area contributed by atoms with Crippen molar-refractivity contribution >= 4 is 21.5 Å². The van der Waals surface area contributed by atoms with Gasteiger partial charge in [0.25, 0.3) is 0 Å². The van der Waals surface area contributed by atoms with Gasteiger partial charge >= 0.3 is 0 Å². The van der Waals surface area contributed by atoms with Gasteiger partial charge in [-0.15, -0.1) is 0 Å². The van der Waals surface area contributed by atoms with Crippen molar-refractivity contribution in [3.8, 4) is 11.3 Å². The first-order valence-electron chi connectivity index (χ1n) is 8.00. The van der Waals surface area contributed by atoms with E-state index in [1.165, 1.54) is 43.8 Å². The fraction of sp³-hybridized carbons (Fsp3) is 0.136. The molecule has 0 fully saturated rings. The van der Waals surface area contributed by atoms with Crippen molar-refractivity contribution < 1.29 is 0 Å². The minimum absolute atomic E-state index is 1.06. The summed E-state index contributed by atoms with van der Waals surface area (Å²) in [5.41, 5.74) is 6.20. The average molecular weight is 297 g/mol. The summed E-state index contributed by atoms with van der Waals surface area (Å²) in [5, 5.41) is 5.13. The number of hydrogen-bond acceptors (Lipinski definition) is 1. The minimum atomic E-state index is 1.06. The fourth-order valence-corrected chi connectivity index (χ4v) is 3.35. The third-order valence-corrected chi connectivity index (χ3v) is 4.77. The molecular weight excluding hydrogens is 278 g/mol. The van der Waals surface area contributed by atoms with Crippen LogP contribution in [0.15, 0.2) is 60.8 Å². The van der Waals surface area contributed by atoms with Crippen molar-refractivity contribution in [2.24, 2.45) is 0 Å². The summed E-state index contributed by atoms with van der Waals surface area (Å²) in [7, 11) is 0. The van der Waals surface area contributed by atoms with E-state index >= 15 is 0 Å². The van der Waals surface area contributed by atoms with Crippen LogP contribution < -0.4 is 0 Å². The topological polar surface area (TPSA) is 12.9 Å². The Labute approximate surface area is 136 Å². The highest BCUT2D eigenvalue weighted by Crippen LogP contribution is 2.33. The lowest BCUT2D eigenvalue weighted by Gasteiger charge is -2.11. The number of nitrogens with zero attached hydrogens (tertiary/aromatic N) is 1. The van der Waals surface area contributed by atoms with E-state index in [9.17, 15) is 0 Å². The summed E-state index contributed by atoms with van der Waals surface area (Å²) in [5.74, 6) is 0. The molecule has 0 unspecified atom stereocenters. The number of rotatable bonds is 1. The molecule has 112 valence electrons. The Hall–Kier alpha value is -2.67. The average Bonchev–Trinajstić information content (AvgIpc) is 2.57. The number of fused-ring (bicyclic) bond motifs is 3. The van der Waals surface area contributed by atoms with E-state index in [2.05, 4.69) is 80.4 Å². The number of hydrogen-bond donors (Lipinski definition) is 0. The van der Waals surface area contributed by atoms with Crippen LogP contribution in [0.2, 0.25) is 0 Å². The number of benzene rings is 3. The first-order chi connectivity index (χ1) is 11.1. The van der Waals surface area contributed by atoms with Gasteiger partial charge in [0.15, 0.2) is 0 Å². The summed E-state index contributed by atoms with van der Waals surface area (Å²) in [4.78, 5) is 4.67. The van der Waals surface area contributed by atoms with E-state index in [0.717, 1.165) is 5.69 Å². The van der Waals surface area contributed by atoms with Gasteiger partial charge in [-0.05, 0) is 60.2 Å². The van der Waals surface area contributed by atoms with Crippen molar-refractivity contribution in [1.29, 1.82) is 0 Å². The lowest BCUT2D eigenvalue weighted by Crippen LogP contribution is -1.89. The van der Waals surface area contributed by atoms with Gasteiger partial charge in [0.2, 0.25) is 0 Å². The smallest absolute Gasteiger partial charge is 0.0780 e. The number of aromatic nitrogens is 1. The molecule has 0 saturated carbocycles. The van der Waals surface area contributed by atoms with Gasteiger partial charge in [-0.2, -0.15) is 0 Å². The van der Waals surface area contributed by atoms with Crippen molar-refractivity contribution in [2.45, 2.75) is 20.8 Å². The summed E-state index contributed by atoms with van der Waals surface area (Å²) < 4.78 is 0. The normalized spacial score (nSPS) is 11.3. The molecule has 0 atom stereocenters. The van der Waals surface area contributed by atoms with Crippen LogP contribution in [0.25, 0.3) is 32.8 Å². The van der Waals surface area contributed by atoms with Crippen LogP contribution in [-0.4, -0.2) is 4.98 Å². The van der Waals surface area contributed by atoms with Gasteiger partial charge in [0.1, 0.15) is 0 Å². The quantitative estimate of drug-likeness (QED) is 0.394. The summed E-state index contributed by atoms with van der Waals surface area (Å²) >= 11 is 0. The van der Waals surface area contributed by atoms with Gasteiger partial charge in [-0.3, -0.25) is 4.98 Å². The molecule has 4 aromatic rings. The van der Waals surface area contributed by atoms with Crippen molar-refractivity contribution in [3.05, 3.63) is 77.5 Å². The van der Waals surface area contributed by atoms with Crippen molar-refractivity contribution in [3.63, 3.8) is 0 Å². The molecule has 0 aliphatic rings. The van der Waals surface area contributed by atoms with E-state index in [4.69, 9.17) is 0 Å². The SMILES string of the molecule is Cc1cccc(-c2nccc3c2ccc2c(C)c(C)ccc23)c1. The maximum Gasteiger partial charge on any atom is 0.0780 e. The molecule has 0 bridgehead atoms. The molecule has 3 aromatic carbocycles. The summed E-state index contributed by atoms with van der Waals surface area (Å²) in [6, 6.07) is 19.6. The second kappa shape index (κ2) is 5.20. The molecule has 1 nitrogen and oxygen atoms in total.